The fourth-order valence-corrected chi connectivity index (χ4v) is 5.84. The maximum absolute atomic E-state index is 13.7. The maximum Gasteiger partial charge on any atom is 0.481 e. The Balaban J connectivity index is 1.79. The molecule has 206 valence electrons. The van der Waals surface area contributed by atoms with Gasteiger partial charge in [0.05, 0.1) is 24.3 Å². The van der Waals surface area contributed by atoms with E-state index in [0.29, 0.717) is 37.2 Å². The Labute approximate surface area is 223 Å². The highest BCUT2D eigenvalue weighted by Crippen LogP contribution is 2.54. The lowest BCUT2D eigenvalue weighted by molar-refractivity contribution is -0.129. The number of rotatable bonds is 11. The normalized spacial score (nSPS) is 28.5. The fraction of sp³-hybridized carbons (Fsp3) is 0.724. The number of hydrogen-bond acceptors (Lipinski definition) is 5. The van der Waals surface area contributed by atoms with Crippen LogP contribution in [0.15, 0.2) is 30.3 Å². The molecule has 0 radical (unpaired) electrons. The van der Waals surface area contributed by atoms with Crippen LogP contribution in [0.3, 0.4) is 0 Å². The van der Waals surface area contributed by atoms with Crippen LogP contribution in [0.2, 0.25) is 0 Å². The van der Waals surface area contributed by atoms with Crippen LogP contribution in [-0.4, -0.2) is 56.3 Å². The van der Waals surface area contributed by atoms with Gasteiger partial charge in [-0.1, -0.05) is 71.9 Å². The Morgan fingerprint density at radius 3 is 2.43 bits per heavy atom. The van der Waals surface area contributed by atoms with Crippen LogP contribution in [0, 0.1) is 23.2 Å². The number of nitrogens with one attached hydrogen (secondary N) is 2. The van der Waals surface area contributed by atoms with Crippen molar-refractivity contribution in [2.45, 2.75) is 97.8 Å². The molecule has 0 spiro atoms. The van der Waals surface area contributed by atoms with Gasteiger partial charge in [-0.3, -0.25) is 9.59 Å². The molecule has 1 saturated heterocycles. The van der Waals surface area contributed by atoms with Crippen molar-refractivity contribution in [2.24, 2.45) is 23.2 Å². The van der Waals surface area contributed by atoms with Crippen molar-refractivity contribution in [2.75, 3.05) is 13.7 Å². The number of fused-ring (bicyclic) bond motifs is 1. The molecule has 1 aliphatic carbocycles. The molecule has 0 aromatic heterocycles. The number of methoxy groups -OCH3 is 1. The lowest BCUT2D eigenvalue weighted by Crippen LogP contribution is -2.57. The zero-order chi connectivity index (χ0) is 27.4. The molecule has 7 nitrogen and oxygen atoms in total. The van der Waals surface area contributed by atoms with E-state index >= 15 is 0 Å². The van der Waals surface area contributed by atoms with Crippen LogP contribution in [-0.2, 0) is 30.1 Å². The lowest BCUT2D eigenvalue weighted by atomic mass is 9.57. The minimum absolute atomic E-state index is 0.0176. The van der Waals surface area contributed by atoms with Gasteiger partial charge in [-0.25, -0.2) is 0 Å². The molecule has 1 saturated carbocycles. The molecule has 8 heteroatoms. The summed E-state index contributed by atoms with van der Waals surface area (Å²) in [5.41, 5.74) is 0.679. The number of amides is 2. The minimum Gasteiger partial charge on any atom is -0.404 e. The summed E-state index contributed by atoms with van der Waals surface area (Å²) in [5, 5.41) is 6.13. The summed E-state index contributed by atoms with van der Waals surface area (Å²) in [7, 11) is 1.02. The third kappa shape index (κ3) is 6.95. The Bertz CT molecular complexity index is 911. The van der Waals surface area contributed by atoms with E-state index in [-0.39, 0.29) is 35.7 Å². The van der Waals surface area contributed by atoms with Crippen LogP contribution >= 0.6 is 0 Å². The molecule has 6 atom stereocenters. The van der Waals surface area contributed by atoms with Crippen LogP contribution < -0.4 is 10.6 Å². The summed E-state index contributed by atoms with van der Waals surface area (Å²) in [6.07, 6.45) is 2.22. The third-order valence-electron chi connectivity index (χ3n) is 8.97. The molecule has 1 aliphatic heterocycles. The van der Waals surface area contributed by atoms with Gasteiger partial charge in [0.15, 0.2) is 0 Å². The summed E-state index contributed by atoms with van der Waals surface area (Å²) in [6.45, 7) is 15.9. The maximum atomic E-state index is 13.7. The third-order valence-corrected chi connectivity index (χ3v) is 8.97. The lowest BCUT2D eigenvalue weighted by Gasteiger charge is -2.53. The fourth-order valence-electron chi connectivity index (χ4n) is 5.84. The van der Waals surface area contributed by atoms with E-state index in [1.807, 2.05) is 30.3 Å². The second-order valence-corrected chi connectivity index (χ2v) is 12.3. The smallest absolute Gasteiger partial charge is 0.404 e. The highest BCUT2D eigenvalue weighted by atomic mass is 16.7. The average Bonchev–Trinajstić information content (AvgIpc) is 3.18. The van der Waals surface area contributed by atoms with Gasteiger partial charge in [0.25, 0.3) is 0 Å². The molecule has 2 amide bonds. The van der Waals surface area contributed by atoms with Crippen LogP contribution in [0.4, 0.5) is 0 Å². The number of hydrogen-bond donors (Lipinski definition) is 2. The molecule has 0 unspecified atom stereocenters. The Morgan fingerprint density at radius 2 is 1.81 bits per heavy atom. The first-order valence-electron chi connectivity index (χ1n) is 13.8. The van der Waals surface area contributed by atoms with Crippen molar-refractivity contribution in [3.05, 3.63) is 35.9 Å². The minimum atomic E-state index is -0.710. The van der Waals surface area contributed by atoms with Gasteiger partial charge in [-0.2, -0.15) is 0 Å². The zero-order valence-corrected chi connectivity index (χ0v) is 24.0. The largest absolute Gasteiger partial charge is 0.481 e. The number of benzene rings is 1. The predicted octanol–water partition coefficient (Wildman–Crippen LogP) is 4.18. The van der Waals surface area contributed by atoms with Gasteiger partial charge in [-0.05, 0) is 48.5 Å². The van der Waals surface area contributed by atoms with Crippen molar-refractivity contribution < 1.29 is 23.6 Å². The van der Waals surface area contributed by atoms with Crippen molar-refractivity contribution in [1.29, 1.82) is 0 Å². The summed E-state index contributed by atoms with van der Waals surface area (Å²) in [4.78, 5) is 26.2. The number of carbonyl (C=O) groups excluding carboxylic acids is 2. The van der Waals surface area contributed by atoms with E-state index in [0.717, 1.165) is 12.0 Å². The van der Waals surface area contributed by atoms with Gasteiger partial charge in [-0.15, -0.1) is 0 Å². The van der Waals surface area contributed by atoms with Crippen molar-refractivity contribution in [3.8, 4) is 0 Å². The Kier molecular flexibility index (Phi) is 9.87. The molecule has 2 fully saturated rings. The molecule has 1 heterocycles. The van der Waals surface area contributed by atoms with E-state index in [9.17, 15) is 9.59 Å². The Morgan fingerprint density at radius 1 is 1.14 bits per heavy atom. The van der Waals surface area contributed by atoms with Crippen molar-refractivity contribution in [1.82, 2.24) is 10.6 Å². The van der Waals surface area contributed by atoms with E-state index in [2.05, 4.69) is 59.1 Å². The summed E-state index contributed by atoms with van der Waals surface area (Å²) in [5.74, 6) is 0.350. The zero-order valence-electron chi connectivity index (χ0n) is 24.0. The van der Waals surface area contributed by atoms with Gasteiger partial charge in [0.1, 0.15) is 6.04 Å². The SMILES string of the molecule is COCCC(=O)N[C@@H](Cc1ccccc1)C(=O)N[C@@H](CC(C)C)B1O[C@@H]2C[C@H](C)C(C)(C)[C@H](C)[C@]2(C)O1. The van der Waals surface area contributed by atoms with E-state index in [1.165, 1.54) is 0 Å². The standard InChI is InChI=1S/C29H47BN2O5/c1-19(2)16-25(30-36-24-17-20(3)28(5,6)21(4)29(24,7)37-30)32-27(34)23(31-26(33)14-15-35-8)18-22-12-10-9-11-13-22/h9-13,19-21,23-25H,14-18H2,1-8H3,(H,31,33)(H,32,34)/t20-,21-,23-,24+,25-,29-/m0/s1. The van der Waals surface area contributed by atoms with Gasteiger partial charge in [0.2, 0.25) is 11.8 Å². The second-order valence-electron chi connectivity index (χ2n) is 12.3. The first-order chi connectivity index (χ1) is 17.4. The second kappa shape index (κ2) is 12.3. The van der Waals surface area contributed by atoms with Crippen molar-refractivity contribution >= 4 is 18.9 Å². The molecular weight excluding hydrogens is 467 g/mol. The highest BCUT2D eigenvalue weighted by molar-refractivity contribution is 6.47. The molecule has 3 rings (SSSR count). The first kappa shape index (κ1) is 29.7. The van der Waals surface area contributed by atoms with Gasteiger partial charge in [0, 0.05) is 20.0 Å². The van der Waals surface area contributed by atoms with Crippen molar-refractivity contribution in [3.63, 3.8) is 0 Å². The molecule has 1 aromatic carbocycles. The molecule has 2 N–H and O–H groups in total. The van der Waals surface area contributed by atoms with E-state index in [1.54, 1.807) is 7.11 Å². The average molecular weight is 515 g/mol. The van der Waals surface area contributed by atoms with Gasteiger partial charge >= 0.3 is 7.12 Å². The van der Waals surface area contributed by atoms with Gasteiger partial charge < -0.3 is 24.7 Å². The highest BCUT2D eigenvalue weighted by Gasteiger charge is 2.61. The van der Waals surface area contributed by atoms with Crippen LogP contribution in [0.25, 0.3) is 0 Å². The number of carbonyl (C=O) groups is 2. The topological polar surface area (TPSA) is 85.9 Å². The van der Waals surface area contributed by atoms with E-state index < -0.39 is 18.8 Å². The molecule has 2 aliphatic rings. The van der Waals surface area contributed by atoms with Crippen LogP contribution in [0.5, 0.6) is 0 Å². The first-order valence-corrected chi connectivity index (χ1v) is 13.8. The molecule has 0 bridgehead atoms. The number of ether oxygens (including phenoxy) is 1. The molecular formula is C29H47BN2O5. The monoisotopic (exact) mass is 514 g/mol. The van der Waals surface area contributed by atoms with E-state index in [4.69, 9.17) is 14.0 Å². The van der Waals surface area contributed by atoms with Crippen LogP contribution in [0.1, 0.15) is 73.3 Å². The summed E-state index contributed by atoms with van der Waals surface area (Å²) >= 11 is 0. The Hall–Kier alpha value is -1.90. The summed E-state index contributed by atoms with van der Waals surface area (Å²) in [6, 6.07) is 9.03. The molecule has 1 aromatic rings. The predicted molar refractivity (Wildman–Crippen MR) is 147 cm³/mol. The molecule has 37 heavy (non-hydrogen) atoms. The quantitative estimate of drug-likeness (QED) is 0.433. The summed E-state index contributed by atoms with van der Waals surface area (Å²) < 4.78 is 18.3.